The number of para-hydroxylation sites is 1. The normalized spacial score (nSPS) is 31.3. The number of ketones is 1. The highest BCUT2D eigenvalue weighted by molar-refractivity contribution is 7.99. The fourth-order valence-electron chi connectivity index (χ4n) is 7.85. The lowest BCUT2D eigenvalue weighted by atomic mass is 9.53. The molecule has 2 saturated heterocycles. The van der Waals surface area contributed by atoms with E-state index in [-0.39, 0.29) is 23.7 Å². The molecule has 0 bridgehead atoms. The highest BCUT2D eigenvalue weighted by atomic mass is 32.2. The van der Waals surface area contributed by atoms with E-state index in [2.05, 4.69) is 84.7 Å². The van der Waals surface area contributed by atoms with Crippen molar-refractivity contribution in [3.05, 3.63) is 106 Å². The van der Waals surface area contributed by atoms with E-state index in [4.69, 9.17) is 0 Å². The Kier molecular flexibility index (Phi) is 5.47. The smallest absolute Gasteiger partial charge is 0.250 e. The van der Waals surface area contributed by atoms with Crippen LogP contribution in [0.1, 0.15) is 53.0 Å². The van der Waals surface area contributed by atoms with Crippen LogP contribution in [0.3, 0.4) is 0 Å². The van der Waals surface area contributed by atoms with Crippen molar-refractivity contribution in [2.24, 2.45) is 5.41 Å². The lowest BCUT2D eigenvalue weighted by Gasteiger charge is -2.49. The molecule has 1 amide bonds. The van der Waals surface area contributed by atoms with Crippen molar-refractivity contribution < 1.29 is 9.59 Å². The number of aryl methyl sites for hydroxylation is 2. The summed E-state index contributed by atoms with van der Waals surface area (Å²) in [7, 11) is 0. The van der Waals surface area contributed by atoms with E-state index in [9.17, 15) is 4.79 Å². The quantitative estimate of drug-likeness (QED) is 0.395. The molecule has 3 aromatic carbocycles. The zero-order chi connectivity index (χ0) is 26.1. The number of Topliss-reactive ketones (excluding diaryl/α,β-unsaturated/α-hetero) is 1. The van der Waals surface area contributed by atoms with Crippen molar-refractivity contribution in [3.8, 4) is 0 Å². The van der Waals surface area contributed by atoms with Crippen molar-refractivity contribution >= 4 is 35.2 Å². The van der Waals surface area contributed by atoms with Crippen LogP contribution in [0, 0.1) is 19.3 Å². The molecule has 1 N–H and O–H groups in total. The maximum absolute atomic E-state index is 15.1. The SMILES string of the molecule is Cc1ccc(C=C2CCC[C@@]3(C2=O)[C@@H](c2ccc(C)cc2)[C@@H]2CSCN2[C@@]32C(=O)Nc3ccccc32)cc1. The molecule has 3 aromatic rings. The molecular formula is C33H32N2O2S. The summed E-state index contributed by atoms with van der Waals surface area (Å²) in [6.07, 6.45) is 4.42. The minimum Gasteiger partial charge on any atom is -0.324 e. The largest absolute Gasteiger partial charge is 0.324 e. The molecule has 1 aliphatic carbocycles. The van der Waals surface area contributed by atoms with Gasteiger partial charge in [-0.25, -0.2) is 0 Å². The van der Waals surface area contributed by atoms with Gasteiger partial charge in [0.05, 0.1) is 5.41 Å². The summed E-state index contributed by atoms with van der Waals surface area (Å²) in [6.45, 7) is 4.18. The number of nitrogens with zero attached hydrogens (tertiary/aromatic N) is 1. The molecule has 4 atom stereocenters. The van der Waals surface area contributed by atoms with Crippen molar-refractivity contribution in [1.29, 1.82) is 0 Å². The zero-order valence-electron chi connectivity index (χ0n) is 21.9. The van der Waals surface area contributed by atoms with Gasteiger partial charge in [0.15, 0.2) is 5.78 Å². The molecular weight excluding hydrogens is 488 g/mol. The first kappa shape index (κ1) is 23.9. The van der Waals surface area contributed by atoms with Crippen molar-refractivity contribution in [2.45, 2.75) is 50.6 Å². The van der Waals surface area contributed by atoms with Gasteiger partial charge in [0.2, 0.25) is 0 Å². The minimum atomic E-state index is -1.02. The van der Waals surface area contributed by atoms with Crippen molar-refractivity contribution in [3.63, 3.8) is 0 Å². The Hall–Kier alpha value is -3.15. The van der Waals surface area contributed by atoms with Gasteiger partial charge in [0, 0.05) is 34.8 Å². The van der Waals surface area contributed by atoms with Crippen LogP contribution in [0.4, 0.5) is 5.69 Å². The van der Waals surface area contributed by atoms with Crippen LogP contribution in [-0.4, -0.2) is 34.3 Å². The Morgan fingerprint density at radius 1 is 0.947 bits per heavy atom. The number of anilines is 1. The third-order valence-corrected chi connectivity index (χ3v) is 10.4. The molecule has 4 nitrogen and oxygen atoms in total. The molecule has 3 heterocycles. The summed E-state index contributed by atoms with van der Waals surface area (Å²) in [5, 5.41) is 3.23. The highest BCUT2D eigenvalue weighted by Crippen LogP contribution is 2.70. The summed E-state index contributed by atoms with van der Waals surface area (Å²) in [5.74, 6) is 1.72. The van der Waals surface area contributed by atoms with Gasteiger partial charge in [-0.2, -0.15) is 0 Å². The van der Waals surface area contributed by atoms with Crippen LogP contribution in [0.5, 0.6) is 0 Å². The first-order valence-corrected chi connectivity index (χ1v) is 14.8. The molecule has 0 unspecified atom stereocenters. The standard InChI is InChI=1S/C33H32N2O2S/c1-21-9-13-23(14-10-21)18-25-6-5-17-32(30(25)36)29(24-15-11-22(2)12-16-24)28-19-38-20-35(28)33(32)26-7-3-4-8-27(26)34-31(33)37/h3-4,7-16,18,28-29H,5-6,17,19-20H2,1-2H3,(H,34,37)/t28-,29-,32-,33-/m0/s1. The Balaban J connectivity index is 1.50. The number of rotatable bonds is 2. The third kappa shape index (κ3) is 3.09. The monoisotopic (exact) mass is 520 g/mol. The second-order valence-corrected chi connectivity index (χ2v) is 12.4. The zero-order valence-corrected chi connectivity index (χ0v) is 22.7. The first-order valence-electron chi connectivity index (χ1n) is 13.6. The topological polar surface area (TPSA) is 49.4 Å². The molecule has 3 fully saturated rings. The number of fused-ring (bicyclic) bond motifs is 5. The van der Waals surface area contributed by atoms with Gasteiger partial charge in [-0.05, 0) is 62.0 Å². The van der Waals surface area contributed by atoms with Crippen LogP contribution in [0.15, 0.2) is 78.4 Å². The molecule has 0 radical (unpaired) electrons. The molecule has 3 aliphatic heterocycles. The molecule has 4 aliphatic rings. The van der Waals surface area contributed by atoms with E-state index >= 15 is 4.79 Å². The maximum Gasteiger partial charge on any atom is 0.250 e. The number of amides is 1. The average Bonchev–Trinajstić information content (AvgIpc) is 3.57. The fourth-order valence-corrected chi connectivity index (χ4v) is 9.16. The average molecular weight is 521 g/mol. The number of hydrogen-bond donors (Lipinski definition) is 1. The lowest BCUT2D eigenvalue weighted by Crippen LogP contribution is -2.60. The number of benzene rings is 3. The summed E-state index contributed by atoms with van der Waals surface area (Å²) < 4.78 is 0. The van der Waals surface area contributed by atoms with Gasteiger partial charge in [0.25, 0.3) is 5.91 Å². The molecule has 0 aromatic heterocycles. The fraction of sp³-hybridized carbons (Fsp3) is 0.333. The van der Waals surface area contributed by atoms with Gasteiger partial charge in [-0.15, -0.1) is 11.8 Å². The number of thioether (sulfide) groups is 1. The van der Waals surface area contributed by atoms with Crippen LogP contribution < -0.4 is 5.32 Å². The van der Waals surface area contributed by atoms with Gasteiger partial charge < -0.3 is 5.32 Å². The number of allylic oxidation sites excluding steroid dienone is 1. The molecule has 5 heteroatoms. The summed E-state index contributed by atoms with van der Waals surface area (Å²) >= 11 is 1.88. The van der Waals surface area contributed by atoms with Gasteiger partial charge in [0.1, 0.15) is 5.54 Å². The predicted molar refractivity (Wildman–Crippen MR) is 154 cm³/mol. The lowest BCUT2D eigenvalue weighted by molar-refractivity contribution is -0.145. The number of nitrogens with one attached hydrogen (secondary N) is 1. The number of hydrogen-bond acceptors (Lipinski definition) is 4. The predicted octanol–water partition coefficient (Wildman–Crippen LogP) is 6.45. The Morgan fingerprint density at radius 2 is 1.66 bits per heavy atom. The Morgan fingerprint density at radius 3 is 2.42 bits per heavy atom. The number of carbonyl (C=O) groups excluding carboxylic acids is 2. The van der Waals surface area contributed by atoms with Crippen LogP contribution in [-0.2, 0) is 15.1 Å². The van der Waals surface area contributed by atoms with E-state index in [0.717, 1.165) is 46.9 Å². The van der Waals surface area contributed by atoms with E-state index in [1.165, 1.54) is 16.7 Å². The first-order chi connectivity index (χ1) is 18.5. The van der Waals surface area contributed by atoms with Gasteiger partial charge in [-0.1, -0.05) is 77.9 Å². The van der Waals surface area contributed by atoms with Gasteiger partial charge in [-0.3, -0.25) is 14.5 Å². The van der Waals surface area contributed by atoms with Crippen molar-refractivity contribution in [1.82, 2.24) is 4.90 Å². The van der Waals surface area contributed by atoms with E-state index in [1.807, 2.05) is 30.0 Å². The molecule has 2 spiro atoms. The molecule has 192 valence electrons. The Bertz CT molecular complexity index is 1480. The minimum absolute atomic E-state index is 0.0363. The summed E-state index contributed by atoms with van der Waals surface area (Å²) in [4.78, 5) is 32.0. The molecule has 1 saturated carbocycles. The van der Waals surface area contributed by atoms with E-state index in [0.29, 0.717) is 6.42 Å². The highest BCUT2D eigenvalue weighted by Gasteiger charge is 2.77. The summed E-state index contributed by atoms with van der Waals surface area (Å²) in [6, 6.07) is 25.2. The third-order valence-electron chi connectivity index (χ3n) is 9.37. The summed E-state index contributed by atoms with van der Waals surface area (Å²) in [5.41, 5.74) is 5.39. The van der Waals surface area contributed by atoms with Crippen LogP contribution in [0.25, 0.3) is 6.08 Å². The number of carbonyl (C=O) groups is 2. The second kappa shape index (κ2) is 8.69. The van der Waals surface area contributed by atoms with Crippen LogP contribution in [0.2, 0.25) is 0 Å². The van der Waals surface area contributed by atoms with E-state index < -0.39 is 11.0 Å². The second-order valence-electron chi connectivity index (χ2n) is 11.4. The Labute approximate surface area is 228 Å². The van der Waals surface area contributed by atoms with Crippen molar-refractivity contribution in [2.75, 3.05) is 16.9 Å². The van der Waals surface area contributed by atoms with Crippen LogP contribution >= 0.6 is 11.8 Å². The maximum atomic E-state index is 15.1. The molecule has 7 rings (SSSR count). The molecule has 38 heavy (non-hydrogen) atoms. The van der Waals surface area contributed by atoms with E-state index in [1.54, 1.807) is 0 Å². The van der Waals surface area contributed by atoms with Gasteiger partial charge >= 0.3 is 0 Å².